The van der Waals surface area contributed by atoms with Gasteiger partial charge in [-0.2, -0.15) is 0 Å². The van der Waals surface area contributed by atoms with Gasteiger partial charge in [-0.15, -0.1) is 24.2 Å². The smallest absolute Gasteiger partial charge is 0.327 e. The van der Waals surface area contributed by atoms with Crippen molar-refractivity contribution in [3.8, 4) is 0 Å². The minimum atomic E-state index is -0.963. The van der Waals surface area contributed by atoms with Crippen molar-refractivity contribution in [3.05, 3.63) is 70.0 Å². The van der Waals surface area contributed by atoms with E-state index in [1.807, 2.05) is 37.2 Å². The zero-order valence-corrected chi connectivity index (χ0v) is 17.2. The van der Waals surface area contributed by atoms with E-state index in [2.05, 4.69) is 24.3 Å². The largest absolute Gasteiger partial charge is 0.480 e. The maximum atomic E-state index is 12.7. The number of rotatable bonds is 4. The molecule has 1 atom stereocenters. The van der Waals surface area contributed by atoms with Crippen LogP contribution in [0.2, 0.25) is 0 Å². The third-order valence-corrected chi connectivity index (χ3v) is 6.09. The van der Waals surface area contributed by atoms with Crippen LogP contribution in [0.25, 0.3) is 10.8 Å². The lowest BCUT2D eigenvalue weighted by Crippen LogP contribution is -2.30. The first kappa shape index (κ1) is 20.3. The highest BCUT2D eigenvalue weighted by atomic mass is 35.5. The summed E-state index contributed by atoms with van der Waals surface area (Å²) in [6.45, 7) is 0. The van der Waals surface area contributed by atoms with E-state index in [1.54, 1.807) is 6.07 Å². The lowest BCUT2D eigenvalue weighted by atomic mass is 9.98. The molecule has 5 nitrogen and oxygen atoms in total. The van der Waals surface area contributed by atoms with Gasteiger partial charge >= 0.3 is 5.97 Å². The Morgan fingerprint density at radius 1 is 1.18 bits per heavy atom. The van der Waals surface area contributed by atoms with E-state index in [1.165, 1.54) is 27.1 Å². The zero-order chi connectivity index (χ0) is 19.1. The van der Waals surface area contributed by atoms with Crippen LogP contribution in [0.3, 0.4) is 0 Å². The lowest BCUT2D eigenvalue weighted by Gasteiger charge is -2.22. The van der Waals surface area contributed by atoms with Crippen LogP contribution in [0.4, 0.5) is 5.69 Å². The van der Waals surface area contributed by atoms with Crippen molar-refractivity contribution in [2.45, 2.75) is 17.5 Å². The SMILES string of the molecule is CN(C)c1c(Cc2cccc3ccccc23)cc(=O)n2c1SCC2C(=O)O.Cl. The molecule has 0 aliphatic carbocycles. The van der Waals surface area contributed by atoms with Gasteiger partial charge in [-0.1, -0.05) is 42.5 Å². The molecule has 0 amide bonds. The molecular formula is C21H21ClN2O3S. The maximum Gasteiger partial charge on any atom is 0.327 e. The van der Waals surface area contributed by atoms with Gasteiger partial charge in [0.05, 0.1) is 5.69 Å². The van der Waals surface area contributed by atoms with Crippen LogP contribution >= 0.6 is 24.2 Å². The summed E-state index contributed by atoms with van der Waals surface area (Å²) in [6, 6.07) is 15.2. The molecular weight excluding hydrogens is 396 g/mol. The van der Waals surface area contributed by atoms with Gasteiger partial charge in [0, 0.05) is 32.3 Å². The molecule has 0 spiro atoms. The summed E-state index contributed by atoms with van der Waals surface area (Å²) in [6.07, 6.45) is 0.621. The molecule has 1 aliphatic heterocycles. The van der Waals surface area contributed by atoms with E-state index in [0.717, 1.165) is 21.8 Å². The Labute approximate surface area is 173 Å². The molecule has 2 heterocycles. The molecule has 0 radical (unpaired) electrons. The average Bonchev–Trinajstić information content (AvgIpc) is 3.07. The fraction of sp³-hybridized carbons (Fsp3) is 0.238. The Morgan fingerprint density at radius 2 is 1.89 bits per heavy atom. The van der Waals surface area contributed by atoms with Crippen molar-refractivity contribution in [2.75, 3.05) is 24.7 Å². The molecule has 0 bridgehead atoms. The number of hydrogen-bond donors (Lipinski definition) is 1. The van der Waals surface area contributed by atoms with Crippen molar-refractivity contribution >= 4 is 46.6 Å². The van der Waals surface area contributed by atoms with Crippen molar-refractivity contribution in [1.82, 2.24) is 4.57 Å². The van der Waals surface area contributed by atoms with E-state index in [9.17, 15) is 14.7 Å². The maximum absolute atomic E-state index is 12.7. The molecule has 146 valence electrons. The van der Waals surface area contributed by atoms with Gasteiger partial charge in [-0.3, -0.25) is 9.36 Å². The molecule has 1 unspecified atom stereocenters. The van der Waals surface area contributed by atoms with Crippen molar-refractivity contribution in [2.24, 2.45) is 0 Å². The van der Waals surface area contributed by atoms with Gasteiger partial charge in [0.1, 0.15) is 11.1 Å². The van der Waals surface area contributed by atoms with Crippen LogP contribution in [-0.2, 0) is 11.2 Å². The lowest BCUT2D eigenvalue weighted by molar-refractivity contribution is -0.140. The Hall–Kier alpha value is -2.44. The molecule has 7 heteroatoms. The number of aromatic nitrogens is 1. The number of halogens is 1. The van der Waals surface area contributed by atoms with Gasteiger partial charge in [0.25, 0.3) is 5.56 Å². The number of anilines is 1. The summed E-state index contributed by atoms with van der Waals surface area (Å²) in [7, 11) is 3.86. The Balaban J connectivity index is 0.00000225. The summed E-state index contributed by atoms with van der Waals surface area (Å²) in [5.41, 5.74) is 2.75. The second-order valence-corrected chi connectivity index (χ2v) is 7.91. The second-order valence-electron chi connectivity index (χ2n) is 6.91. The van der Waals surface area contributed by atoms with Crippen LogP contribution in [0.5, 0.6) is 0 Å². The fourth-order valence-electron chi connectivity index (χ4n) is 3.75. The monoisotopic (exact) mass is 416 g/mol. The standard InChI is InChI=1S/C21H20N2O3S.ClH/c1-22(2)19-15(10-14-8-5-7-13-6-3-4-9-16(13)14)11-18(24)23-17(21(25)26)12-27-20(19)23;/h3-9,11,17H,10,12H2,1-2H3,(H,25,26);1H. The number of pyridine rings is 1. The fourth-order valence-corrected chi connectivity index (χ4v) is 5.16. The quantitative estimate of drug-likeness (QED) is 0.700. The first-order valence-corrected chi connectivity index (χ1v) is 9.74. The normalized spacial score (nSPS) is 15.1. The van der Waals surface area contributed by atoms with E-state index in [0.29, 0.717) is 12.2 Å². The number of hydrogen-bond acceptors (Lipinski definition) is 4. The van der Waals surface area contributed by atoms with Crippen LogP contribution in [-0.4, -0.2) is 35.5 Å². The van der Waals surface area contributed by atoms with E-state index in [-0.39, 0.29) is 18.0 Å². The van der Waals surface area contributed by atoms with Gasteiger partial charge in [-0.05, 0) is 21.9 Å². The summed E-state index contributed by atoms with van der Waals surface area (Å²) < 4.78 is 1.43. The predicted molar refractivity (Wildman–Crippen MR) is 116 cm³/mol. The molecule has 0 fully saturated rings. The molecule has 2 aromatic carbocycles. The van der Waals surface area contributed by atoms with Crippen LogP contribution in [0.15, 0.2) is 58.4 Å². The number of benzene rings is 2. The van der Waals surface area contributed by atoms with E-state index < -0.39 is 12.0 Å². The molecule has 0 saturated carbocycles. The highest BCUT2D eigenvalue weighted by molar-refractivity contribution is 7.99. The molecule has 0 saturated heterocycles. The Kier molecular flexibility index (Phi) is 5.72. The van der Waals surface area contributed by atoms with Crippen molar-refractivity contribution in [3.63, 3.8) is 0 Å². The third-order valence-electron chi connectivity index (χ3n) is 4.94. The van der Waals surface area contributed by atoms with Gasteiger partial charge in [0.2, 0.25) is 0 Å². The van der Waals surface area contributed by atoms with Crippen LogP contribution in [0, 0.1) is 0 Å². The minimum Gasteiger partial charge on any atom is -0.480 e. The molecule has 3 aromatic rings. The van der Waals surface area contributed by atoms with E-state index >= 15 is 0 Å². The Morgan fingerprint density at radius 3 is 2.61 bits per heavy atom. The van der Waals surface area contributed by atoms with Gasteiger partial charge < -0.3 is 10.0 Å². The highest BCUT2D eigenvalue weighted by Gasteiger charge is 2.33. The molecule has 1 aliphatic rings. The predicted octanol–water partition coefficient (Wildman–Crippen LogP) is 3.81. The first-order chi connectivity index (χ1) is 13.0. The number of aliphatic carboxylic acids is 1. The minimum absolute atomic E-state index is 0. The van der Waals surface area contributed by atoms with Crippen molar-refractivity contribution < 1.29 is 9.90 Å². The first-order valence-electron chi connectivity index (χ1n) is 8.75. The topological polar surface area (TPSA) is 62.5 Å². The highest BCUT2D eigenvalue weighted by Crippen LogP contribution is 2.40. The second kappa shape index (κ2) is 7.89. The van der Waals surface area contributed by atoms with Crippen LogP contribution in [0.1, 0.15) is 17.2 Å². The number of carbonyl (C=O) groups is 1. The van der Waals surface area contributed by atoms with Crippen molar-refractivity contribution in [1.29, 1.82) is 0 Å². The molecule has 1 aromatic heterocycles. The average molecular weight is 417 g/mol. The zero-order valence-electron chi connectivity index (χ0n) is 15.6. The van der Waals surface area contributed by atoms with Crippen LogP contribution < -0.4 is 10.5 Å². The summed E-state index contributed by atoms with van der Waals surface area (Å²) in [4.78, 5) is 26.3. The summed E-state index contributed by atoms with van der Waals surface area (Å²) >= 11 is 1.44. The number of thioether (sulfide) groups is 1. The Bertz CT molecular complexity index is 1110. The molecule has 4 rings (SSSR count). The number of fused-ring (bicyclic) bond motifs is 2. The number of carboxylic acids is 1. The summed E-state index contributed by atoms with van der Waals surface area (Å²) in [5, 5.41) is 12.5. The molecule has 28 heavy (non-hydrogen) atoms. The van der Waals surface area contributed by atoms with Gasteiger partial charge in [0.15, 0.2) is 0 Å². The van der Waals surface area contributed by atoms with Gasteiger partial charge in [-0.25, -0.2) is 4.79 Å². The van der Waals surface area contributed by atoms with E-state index in [4.69, 9.17) is 0 Å². The summed E-state index contributed by atoms with van der Waals surface area (Å²) in [5.74, 6) is -0.585. The number of nitrogens with zero attached hydrogens (tertiary/aromatic N) is 2. The third kappa shape index (κ3) is 3.38. The number of carboxylic acid groups (broad SMARTS) is 1. The molecule has 1 N–H and O–H groups in total.